The first-order valence-electron chi connectivity index (χ1n) is 9.18. The molecule has 1 saturated carbocycles. The smallest absolute Gasteiger partial charge is 0.349 e. The van der Waals surface area contributed by atoms with Gasteiger partial charge < -0.3 is 14.5 Å². The average molecular weight is 369 g/mol. The van der Waals surface area contributed by atoms with E-state index in [0.717, 1.165) is 31.3 Å². The number of benzene rings is 1. The molecule has 6 heteroatoms. The van der Waals surface area contributed by atoms with Crippen molar-refractivity contribution in [2.45, 2.75) is 52.0 Å². The first-order chi connectivity index (χ1) is 12.9. The lowest BCUT2D eigenvalue weighted by Gasteiger charge is -2.22. The van der Waals surface area contributed by atoms with E-state index >= 15 is 0 Å². The molecule has 6 nitrogen and oxygen atoms in total. The van der Waals surface area contributed by atoms with Crippen molar-refractivity contribution in [3.63, 3.8) is 0 Å². The van der Waals surface area contributed by atoms with Crippen molar-refractivity contribution in [3.8, 4) is 5.75 Å². The molecule has 0 spiro atoms. The van der Waals surface area contributed by atoms with E-state index in [2.05, 4.69) is 5.32 Å². The van der Waals surface area contributed by atoms with Crippen molar-refractivity contribution in [1.29, 1.82) is 0 Å². The zero-order chi connectivity index (χ0) is 19.4. The number of ether oxygens (including phenoxy) is 1. The highest BCUT2D eigenvalue weighted by Gasteiger charge is 2.20. The van der Waals surface area contributed by atoms with E-state index in [1.807, 2.05) is 0 Å². The largest absolute Gasteiger partial charge is 0.423 e. The molecule has 2 aromatic rings. The molecule has 1 fully saturated rings. The first-order valence-corrected chi connectivity index (χ1v) is 9.18. The first kappa shape index (κ1) is 18.9. The number of carbonyl (C=O) groups is 2. The molecule has 1 aromatic heterocycles. The van der Waals surface area contributed by atoms with Gasteiger partial charge in [-0.1, -0.05) is 24.8 Å². The molecule has 0 atom stereocenters. The third kappa shape index (κ3) is 4.84. The summed E-state index contributed by atoms with van der Waals surface area (Å²) in [6, 6.07) is 6.35. The van der Waals surface area contributed by atoms with Crippen molar-refractivity contribution in [1.82, 2.24) is 5.32 Å². The maximum atomic E-state index is 12.4. The average Bonchev–Trinajstić information content (AvgIpc) is 2.61. The standard InChI is InChI=1S/C21H23NO5/c1-13(2)10-19(23)26-16-9-8-14-11-17(21(25)27-18(14)12-16)20(24)22-15-6-4-3-5-7-15/h8-12,15H,3-7H2,1-2H3,(H,22,24). The van der Waals surface area contributed by atoms with Crippen LogP contribution in [0.5, 0.6) is 5.75 Å². The predicted molar refractivity (Wildman–Crippen MR) is 102 cm³/mol. The van der Waals surface area contributed by atoms with Gasteiger partial charge in [0.05, 0.1) is 0 Å². The fourth-order valence-corrected chi connectivity index (χ4v) is 3.20. The van der Waals surface area contributed by atoms with E-state index in [-0.39, 0.29) is 22.9 Å². The third-order valence-electron chi connectivity index (χ3n) is 4.52. The number of rotatable bonds is 4. The highest BCUT2D eigenvalue weighted by molar-refractivity contribution is 5.97. The molecule has 1 N–H and O–H groups in total. The summed E-state index contributed by atoms with van der Waals surface area (Å²) in [6.45, 7) is 3.58. The second-order valence-electron chi connectivity index (χ2n) is 7.10. The number of allylic oxidation sites excluding steroid dienone is 1. The number of amides is 1. The van der Waals surface area contributed by atoms with Crippen molar-refractivity contribution >= 4 is 22.8 Å². The summed E-state index contributed by atoms with van der Waals surface area (Å²) < 4.78 is 10.5. The number of carbonyl (C=O) groups excluding carboxylic acids is 2. The van der Waals surface area contributed by atoms with Crippen molar-refractivity contribution in [2.24, 2.45) is 0 Å². The molecule has 0 unspecified atom stereocenters. The Morgan fingerprint density at radius 2 is 1.89 bits per heavy atom. The monoisotopic (exact) mass is 369 g/mol. The zero-order valence-corrected chi connectivity index (χ0v) is 15.5. The molecule has 27 heavy (non-hydrogen) atoms. The van der Waals surface area contributed by atoms with Gasteiger partial charge in [0.1, 0.15) is 16.9 Å². The molecule has 1 heterocycles. The van der Waals surface area contributed by atoms with E-state index in [4.69, 9.17) is 9.15 Å². The number of nitrogens with one attached hydrogen (secondary N) is 1. The van der Waals surface area contributed by atoms with Gasteiger partial charge in [-0.15, -0.1) is 0 Å². The maximum absolute atomic E-state index is 12.4. The van der Waals surface area contributed by atoms with Gasteiger partial charge in [0.25, 0.3) is 5.91 Å². The normalized spacial score (nSPS) is 14.6. The number of esters is 1. The maximum Gasteiger partial charge on any atom is 0.349 e. The molecule has 1 aromatic carbocycles. The van der Waals surface area contributed by atoms with Crippen molar-refractivity contribution in [3.05, 3.63) is 51.9 Å². The molecular weight excluding hydrogens is 346 g/mol. The molecule has 0 saturated heterocycles. The minimum atomic E-state index is -0.705. The molecule has 0 aliphatic heterocycles. The van der Waals surface area contributed by atoms with Gasteiger partial charge in [-0.3, -0.25) is 4.79 Å². The summed E-state index contributed by atoms with van der Waals surface area (Å²) in [5.74, 6) is -0.635. The summed E-state index contributed by atoms with van der Waals surface area (Å²) in [6.07, 6.45) is 6.61. The number of fused-ring (bicyclic) bond motifs is 1. The molecule has 1 aliphatic rings. The fourth-order valence-electron chi connectivity index (χ4n) is 3.20. The molecule has 142 valence electrons. The Labute approximate surface area is 157 Å². The molecule has 0 bridgehead atoms. The summed E-state index contributed by atoms with van der Waals surface area (Å²) in [4.78, 5) is 36.4. The van der Waals surface area contributed by atoms with Crippen molar-refractivity contribution in [2.75, 3.05) is 0 Å². The van der Waals surface area contributed by atoms with Crippen LogP contribution in [0.15, 0.2) is 45.1 Å². The van der Waals surface area contributed by atoms with Crippen LogP contribution in [0.25, 0.3) is 11.0 Å². The predicted octanol–water partition coefficient (Wildman–Crippen LogP) is 3.73. The molecular formula is C21H23NO5. The topological polar surface area (TPSA) is 85.6 Å². The van der Waals surface area contributed by atoms with Gasteiger partial charge in [0.2, 0.25) is 0 Å². The molecule has 3 rings (SSSR count). The van der Waals surface area contributed by atoms with Crippen LogP contribution in [0.1, 0.15) is 56.3 Å². The van der Waals surface area contributed by atoms with Crippen LogP contribution in [0.4, 0.5) is 0 Å². The lowest BCUT2D eigenvalue weighted by molar-refractivity contribution is -0.129. The van der Waals surface area contributed by atoms with E-state index in [0.29, 0.717) is 5.39 Å². The van der Waals surface area contributed by atoms with Crippen LogP contribution in [0.3, 0.4) is 0 Å². The van der Waals surface area contributed by atoms with E-state index in [1.165, 1.54) is 24.6 Å². The summed E-state index contributed by atoms with van der Waals surface area (Å²) in [5, 5.41) is 3.51. The Hall–Kier alpha value is -2.89. The van der Waals surface area contributed by atoms with Gasteiger partial charge in [-0.05, 0) is 44.9 Å². The molecule has 0 radical (unpaired) electrons. The zero-order valence-electron chi connectivity index (χ0n) is 15.5. The van der Waals surface area contributed by atoms with Crippen LogP contribution < -0.4 is 15.7 Å². The number of hydrogen-bond acceptors (Lipinski definition) is 5. The minimum Gasteiger partial charge on any atom is -0.423 e. The van der Waals surface area contributed by atoms with E-state index in [9.17, 15) is 14.4 Å². The lowest BCUT2D eigenvalue weighted by atomic mass is 9.95. The highest BCUT2D eigenvalue weighted by atomic mass is 16.5. The lowest BCUT2D eigenvalue weighted by Crippen LogP contribution is -2.38. The quantitative estimate of drug-likeness (QED) is 0.384. The van der Waals surface area contributed by atoms with Crippen LogP contribution in [-0.4, -0.2) is 17.9 Å². The number of hydrogen-bond donors (Lipinski definition) is 1. The van der Waals surface area contributed by atoms with E-state index < -0.39 is 17.5 Å². The highest BCUT2D eigenvalue weighted by Crippen LogP contribution is 2.22. The van der Waals surface area contributed by atoms with Gasteiger partial charge >= 0.3 is 11.6 Å². The van der Waals surface area contributed by atoms with Crippen LogP contribution >= 0.6 is 0 Å². The van der Waals surface area contributed by atoms with Crippen LogP contribution in [0, 0.1) is 0 Å². The Balaban J connectivity index is 1.81. The van der Waals surface area contributed by atoms with E-state index in [1.54, 1.807) is 26.0 Å². The van der Waals surface area contributed by atoms with Gasteiger partial charge in [-0.2, -0.15) is 0 Å². The van der Waals surface area contributed by atoms with Gasteiger partial charge in [0.15, 0.2) is 0 Å². The second-order valence-corrected chi connectivity index (χ2v) is 7.10. The molecule has 1 amide bonds. The Bertz CT molecular complexity index is 947. The Kier molecular flexibility index (Phi) is 5.74. The summed E-state index contributed by atoms with van der Waals surface area (Å²) in [7, 11) is 0. The SMILES string of the molecule is CC(C)=CC(=O)Oc1ccc2cc(C(=O)NC3CCCCC3)c(=O)oc2c1. The fraction of sp³-hybridized carbons (Fsp3) is 0.381. The van der Waals surface area contributed by atoms with Crippen LogP contribution in [-0.2, 0) is 4.79 Å². The molecule has 1 aliphatic carbocycles. The van der Waals surface area contributed by atoms with Gasteiger partial charge in [0, 0.05) is 23.6 Å². The van der Waals surface area contributed by atoms with Gasteiger partial charge in [-0.25, -0.2) is 9.59 Å². The third-order valence-corrected chi connectivity index (χ3v) is 4.52. The summed E-state index contributed by atoms with van der Waals surface area (Å²) >= 11 is 0. The van der Waals surface area contributed by atoms with Crippen molar-refractivity contribution < 1.29 is 18.7 Å². The Morgan fingerprint density at radius 3 is 2.59 bits per heavy atom. The summed E-state index contributed by atoms with van der Waals surface area (Å²) in [5.41, 5.74) is 0.364. The minimum absolute atomic E-state index is 0.0117. The second kappa shape index (κ2) is 8.20. The van der Waals surface area contributed by atoms with Crippen LogP contribution in [0.2, 0.25) is 0 Å². The Morgan fingerprint density at radius 1 is 1.15 bits per heavy atom.